The van der Waals surface area contributed by atoms with Crippen LogP contribution < -0.4 is 5.32 Å². The Morgan fingerprint density at radius 2 is 2.21 bits per heavy atom. The van der Waals surface area contributed by atoms with E-state index < -0.39 is 0 Å². The minimum atomic E-state index is -0.102. The number of nitrogens with one attached hydrogen (secondary N) is 1. The van der Waals surface area contributed by atoms with Crippen molar-refractivity contribution in [2.45, 2.75) is 51.6 Å². The van der Waals surface area contributed by atoms with Crippen LogP contribution in [0.25, 0.3) is 0 Å². The number of methoxy groups -OCH3 is 1. The van der Waals surface area contributed by atoms with E-state index >= 15 is 0 Å². The predicted molar refractivity (Wildman–Crippen MR) is 76.0 cm³/mol. The van der Waals surface area contributed by atoms with Gasteiger partial charge in [-0.05, 0) is 64.5 Å². The number of likely N-dealkylation sites (tertiary alicyclic amines) is 1. The van der Waals surface area contributed by atoms with Gasteiger partial charge >= 0.3 is 5.97 Å². The van der Waals surface area contributed by atoms with Gasteiger partial charge in [0.1, 0.15) is 6.04 Å². The van der Waals surface area contributed by atoms with Gasteiger partial charge in [0.15, 0.2) is 0 Å². The van der Waals surface area contributed by atoms with Crippen LogP contribution in [-0.2, 0) is 9.53 Å². The van der Waals surface area contributed by atoms with Crippen molar-refractivity contribution in [3.8, 4) is 0 Å². The van der Waals surface area contributed by atoms with E-state index in [0.717, 1.165) is 18.9 Å². The van der Waals surface area contributed by atoms with Gasteiger partial charge in [-0.2, -0.15) is 0 Å². The van der Waals surface area contributed by atoms with Crippen molar-refractivity contribution < 1.29 is 9.53 Å². The van der Waals surface area contributed by atoms with Gasteiger partial charge < -0.3 is 15.0 Å². The van der Waals surface area contributed by atoms with E-state index in [2.05, 4.69) is 24.1 Å². The van der Waals surface area contributed by atoms with Crippen LogP contribution in [-0.4, -0.2) is 49.7 Å². The Morgan fingerprint density at radius 3 is 2.89 bits per heavy atom. The summed E-state index contributed by atoms with van der Waals surface area (Å²) in [4.78, 5) is 14.1. The van der Waals surface area contributed by atoms with Crippen molar-refractivity contribution in [3.63, 3.8) is 0 Å². The van der Waals surface area contributed by atoms with Crippen molar-refractivity contribution in [1.82, 2.24) is 10.2 Å². The van der Waals surface area contributed by atoms with Crippen LogP contribution in [0.2, 0.25) is 0 Å². The normalized spacial score (nSPS) is 32.7. The molecule has 0 spiro atoms. The molecule has 0 aliphatic carbocycles. The van der Waals surface area contributed by atoms with Crippen molar-refractivity contribution in [3.05, 3.63) is 0 Å². The molecule has 0 aromatic heterocycles. The minimum Gasteiger partial charge on any atom is -0.468 e. The first-order valence-corrected chi connectivity index (χ1v) is 7.65. The summed E-state index contributed by atoms with van der Waals surface area (Å²) in [6, 6.07) is 0.590. The van der Waals surface area contributed by atoms with E-state index in [1.54, 1.807) is 0 Å². The maximum Gasteiger partial charge on any atom is 0.322 e. The third-order valence-electron chi connectivity index (χ3n) is 4.66. The fourth-order valence-corrected chi connectivity index (χ4v) is 3.54. The third-order valence-corrected chi connectivity index (χ3v) is 4.66. The molecule has 110 valence electrons. The SMILES string of the molecule is COC(=O)C1CC(CC2CCCN(C(C)C)C2)CN1. The van der Waals surface area contributed by atoms with Gasteiger partial charge in [0, 0.05) is 12.6 Å². The summed E-state index contributed by atoms with van der Waals surface area (Å²) in [5.74, 6) is 1.34. The molecule has 0 bridgehead atoms. The maximum atomic E-state index is 11.5. The van der Waals surface area contributed by atoms with Gasteiger partial charge in [0.2, 0.25) is 0 Å². The summed E-state index contributed by atoms with van der Waals surface area (Å²) >= 11 is 0. The topological polar surface area (TPSA) is 41.6 Å². The van der Waals surface area contributed by atoms with Crippen LogP contribution >= 0.6 is 0 Å². The van der Waals surface area contributed by atoms with Crippen LogP contribution in [0.1, 0.15) is 39.5 Å². The smallest absolute Gasteiger partial charge is 0.322 e. The van der Waals surface area contributed by atoms with Crippen molar-refractivity contribution in [1.29, 1.82) is 0 Å². The quantitative estimate of drug-likeness (QED) is 0.787. The first kappa shape index (κ1) is 14.8. The van der Waals surface area contributed by atoms with E-state index in [1.165, 1.54) is 39.5 Å². The highest BCUT2D eigenvalue weighted by Crippen LogP contribution is 2.28. The number of rotatable bonds is 4. The Kier molecular flexibility index (Phi) is 5.22. The second kappa shape index (κ2) is 6.71. The van der Waals surface area contributed by atoms with Gasteiger partial charge in [-0.3, -0.25) is 4.79 Å². The zero-order valence-corrected chi connectivity index (χ0v) is 12.5. The molecule has 0 radical (unpaired) electrons. The van der Waals surface area contributed by atoms with Gasteiger partial charge in [-0.25, -0.2) is 0 Å². The van der Waals surface area contributed by atoms with Crippen LogP contribution in [0, 0.1) is 11.8 Å². The number of esters is 1. The molecule has 3 unspecified atom stereocenters. The van der Waals surface area contributed by atoms with Crippen LogP contribution in [0.5, 0.6) is 0 Å². The number of nitrogens with zero attached hydrogens (tertiary/aromatic N) is 1. The number of carbonyl (C=O) groups excluding carboxylic acids is 1. The highest BCUT2D eigenvalue weighted by Gasteiger charge is 2.32. The molecule has 3 atom stereocenters. The van der Waals surface area contributed by atoms with Crippen LogP contribution in [0.15, 0.2) is 0 Å². The molecule has 0 aromatic rings. The van der Waals surface area contributed by atoms with Crippen molar-refractivity contribution in [2.75, 3.05) is 26.7 Å². The second-order valence-corrected chi connectivity index (χ2v) is 6.42. The summed E-state index contributed by atoms with van der Waals surface area (Å²) in [6.07, 6.45) is 4.88. The van der Waals surface area contributed by atoms with Crippen molar-refractivity contribution in [2.24, 2.45) is 11.8 Å². The average molecular weight is 268 g/mol. The molecule has 0 aromatic carbocycles. The highest BCUT2D eigenvalue weighted by atomic mass is 16.5. The largest absolute Gasteiger partial charge is 0.468 e. The Balaban J connectivity index is 1.77. The van der Waals surface area contributed by atoms with Gasteiger partial charge in [0.25, 0.3) is 0 Å². The number of ether oxygens (including phenoxy) is 1. The Morgan fingerprint density at radius 1 is 1.42 bits per heavy atom. The average Bonchev–Trinajstić information content (AvgIpc) is 2.86. The molecular weight excluding hydrogens is 240 g/mol. The standard InChI is InChI=1S/C15H28N2O2/c1-11(2)17-6-4-5-12(10-17)7-13-8-14(16-9-13)15(18)19-3/h11-14,16H,4-10H2,1-3H3. The monoisotopic (exact) mass is 268 g/mol. The Hall–Kier alpha value is -0.610. The summed E-state index contributed by atoms with van der Waals surface area (Å²) in [5.41, 5.74) is 0. The summed E-state index contributed by atoms with van der Waals surface area (Å²) in [6.45, 7) is 8.02. The van der Waals surface area contributed by atoms with E-state index in [4.69, 9.17) is 4.74 Å². The minimum absolute atomic E-state index is 0.0696. The Labute approximate surface area is 116 Å². The number of hydrogen-bond donors (Lipinski definition) is 1. The lowest BCUT2D eigenvalue weighted by Gasteiger charge is -2.36. The molecule has 0 saturated carbocycles. The van der Waals surface area contributed by atoms with Gasteiger partial charge in [-0.15, -0.1) is 0 Å². The van der Waals surface area contributed by atoms with Crippen LogP contribution in [0.3, 0.4) is 0 Å². The lowest BCUT2D eigenvalue weighted by atomic mass is 9.86. The summed E-state index contributed by atoms with van der Waals surface area (Å²) in [5, 5.41) is 3.29. The molecule has 2 saturated heterocycles. The van der Waals surface area contributed by atoms with E-state index in [1.807, 2.05) is 0 Å². The molecule has 2 fully saturated rings. The molecule has 4 heteroatoms. The molecule has 19 heavy (non-hydrogen) atoms. The molecule has 2 rings (SSSR count). The molecule has 2 aliphatic rings. The van der Waals surface area contributed by atoms with E-state index in [-0.39, 0.29) is 12.0 Å². The maximum absolute atomic E-state index is 11.5. The predicted octanol–water partition coefficient (Wildman–Crippen LogP) is 1.65. The number of hydrogen-bond acceptors (Lipinski definition) is 4. The lowest BCUT2D eigenvalue weighted by Crippen LogP contribution is -2.40. The molecule has 1 N–H and O–H groups in total. The van der Waals surface area contributed by atoms with Crippen molar-refractivity contribution >= 4 is 5.97 Å². The second-order valence-electron chi connectivity index (χ2n) is 6.42. The summed E-state index contributed by atoms with van der Waals surface area (Å²) in [7, 11) is 1.47. The van der Waals surface area contributed by atoms with Gasteiger partial charge in [0.05, 0.1) is 7.11 Å². The number of piperidine rings is 1. The molecule has 2 heterocycles. The fourth-order valence-electron chi connectivity index (χ4n) is 3.54. The molecule has 0 amide bonds. The van der Waals surface area contributed by atoms with Crippen LogP contribution in [0.4, 0.5) is 0 Å². The zero-order valence-electron chi connectivity index (χ0n) is 12.5. The summed E-state index contributed by atoms with van der Waals surface area (Å²) < 4.78 is 4.81. The Bertz CT molecular complexity index is 307. The highest BCUT2D eigenvalue weighted by molar-refractivity contribution is 5.75. The third kappa shape index (κ3) is 3.93. The lowest BCUT2D eigenvalue weighted by molar-refractivity contribution is -0.142. The zero-order chi connectivity index (χ0) is 13.8. The molecule has 4 nitrogen and oxygen atoms in total. The number of carbonyl (C=O) groups is 1. The van der Waals surface area contributed by atoms with Gasteiger partial charge in [-0.1, -0.05) is 0 Å². The first-order chi connectivity index (χ1) is 9.10. The first-order valence-electron chi connectivity index (χ1n) is 7.65. The van der Waals surface area contributed by atoms with E-state index in [0.29, 0.717) is 12.0 Å². The molecule has 2 aliphatic heterocycles. The molecular formula is C15H28N2O2. The van der Waals surface area contributed by atoms with E-state index in [9.17, 15) is 4.79 Å². The fraction of sp³-hybridized carbons (Fsp3) is 0.933.